The van der Waals surface area contributed by atoms with Crippen molar-refractivity contribution in [3.05, 3.63) is 23.8 Å². The van der Waals surface area contributed by atoms with Gasteiger partial charge in [-0.3, -0.25) is 4.79 Å². The van der Waals surface area contributed by atoms with Crippen LogP contribution in [0, 0.1) is 52.3 Å². The lowest BCUT2D eigenvalue weighted by molar-refractivity contribution is -0.151. The van der Waals surface area contributed by atoms with Gasteiger partial charge in [-0.1, -0.05) is 162 Å². The van der Waals surface area contributed by atoms with Crippen LogP contribution >= 0.6 is 0 Å². The second-order valence-electron chi connectivity index (χ2n) is 19.9. The summed E-state index contributed by atoms with van der Waals surface area (Å²) < 4.78 is 6.15. The van der Waals surface area contributed by atoms with Crippen molar-refractivity contribution in [1.82, 2.24) is 0 Å². The summed E-state index contributed by atoms with van der Waals surface area (Å²) in [5.41, 5.74) is 2.51. The second kappa shape index (κ2) is 22.5. The van der Waals surface area contributed by atoms with Gasteiger partial charge < -0.3 is 4.74 Å². The number of fused-ring (bicyclic) bond motifs is 5. The van der Waals surface area contributed by atoms with Gasteiger partial charge in [-0.15, -0.1) is 0 Å². The Kier molecular flexibility index (Phi) is 18.9. The summed E-state index contributed by atoms with van der Waals surface area (Å²) in [6.45, 7) is 17.5. The molecule has 0 spiro atoms. The molecule has 0 saturated heterocycles. The molecule has 0 heterocycles. The van der Waals surface area contributed by atoms with Crippen LogP contribution in [0.2, 0.25) is 0 Å². The molecule has 0 aliphatic heterocycles. The first-order valence-electron chi connectivity index (χ1n) is 23.6. The minimum absolute atomic E-state index is 0.0613. The fourth-order valence-electron chi connectivity index (χ4n) is 12.1. The molecule has 2 heteroatoms. The number of unbranched alkanes of at least 4 members (excludes halogenated alkanes) is 15. The molecular weight excluding hydrogens is 633 g/mol. The summed E-state index contributed by atoms with van der Waals surface area (Å²) in [5.74, 6) is 6.09. The van der Waals surface area contributed by atoms with Crippen LogP contribution in [0.3, 0.4) is 0 Å². The molecule has 4 aliphatic carbocycles. The molecule has 9 unspecified atom stereocenters. The van der Waals surface area contributed by atoms with E-state index >= 15 is 0 Å². The van der Waals surface area contributed by atoms with Gasteiger partial charge in [0.15, 0.2) is 0 Å². The van der Waals surface area contributed by atoms with Gasteiger partial charge in [-0.2, -0.15) is 0 Å². The smallest absolute Gasteiger partial charge is 0.306 e. The van der Waals surface area contributed by atoms with Crippen molar-refractivity contribution >= 4 is 5.97 Å². The predicted octanol–water partition coefficient (Wildman–Crippen LogP) is 15.8. The molecule has 4 aliphatic rings. The van der Waals surface area contributed by atoms with Gasteiger partial charge in [0.25, 0.3) is 0 Å². The van der Waals surface area contributed by atoms with Crippen LogP contribution in [0.5, 0.6) is 0 Å². The summed E-state index contributed by atoms with van der Waals surface area (Å²) >= 11 is 0. The lowest BCUT2D eigenvalue weighted by Crippen LogP contribution is -2.51. The Morgan fingerprint density at radius 3 is 2.00 bits per heavy atom. The summed E-state index contributed by atoms with van der Waals surface area (Å²) in [6.07, 6.45) is 43.9. The van der Waals surface area contributed by atoms with E-state index in [1.54, 1.807) is 5.57 Å². The Morgan fingerprint density at radius 1 is 0.750 bits per heavy atom. The molecule has 0 amide bonds. The van der Waals surface area contributed by atoms with Gasteiger partial charge in [-0.25, -0.2) is 0 Å². The molecule has 0 N–H and O–H groups in total. The molecule has 2 nitrogen and oxygen atoms in total. The van der Waals surface area contributed by atoms with E-state index in [1.807, 2.05) is 0 Å². The predicted molar refractivity (Wildman–Crippen MR) is 225 cm³/mol. The van der Waals surface area contributed by atoms with Crippen LogP contribution in [0.4, 0.5) is 0 Å². The number of hydrogen-bond donors (Lipinski definition) is 0. The van der Waals surface area contributed by atoms with Crippen LogP contribution in [-0.2, 0) is 9.53 Å². The number of carbonyl (C=O) groups excluding carboxylic acids is 1. The zero-order valence-corrected chi connectivity index (χ0v) is 36.0. The standard InChI is InChI=1S/C50H88O2/c1-8-9-10-11-12-13-14-15-16-17-18-19-20-21-22-23-24-25-26-27-48(51)52-43-34-36-49(6)42(38-43)30-31-44-46-33-32-45(50(46,7)37-35-47(44)49)41(5)29-28-40(4)39(2)3/h15-16,30,39-41,43-47H,8-14,17-29,31-38H2,1-7H3. The van der Waals surface area contributed by atoms with Crippen molar-refractivity contribution in [2.75, 3.05) is 0 Å². The summed E-state index contributed by atoms with van der Waals surface area (Å²) in [6, 6.07) is 0. The molecular formula is C50H88O2. The fraction of sp³-hybridized carbons (Fsp3) is 0.900. The molecule has 4 rings (SSSR count). The van der Waals surface area contributed by atoms with Crippen LogP contribution in [0.15, 0.2) is 23.8 Å². The number of allylic oxidation sites excluding steroid dienone is 3. The van der Waals surface area contributed by atoms with Crippen LogP contribution in [-0.4, -0.2) is 12.1 Å². The van der Waals surface area contributed by atoms with E-state index in [1.165, 1.54) is 154 Å². The maximum absolute atomic E-state index is 12.9. The molecule has 3 fully saturated rings. The molecule has 0 aromatic rings. The highest BCUT2D eigenvalue weighted by Crippen LogP contribution is 2.67. The van der Waals surface area contributed by atoms with E-state index in [0.29, 0.717) is 17.3 Å². The first kappa shape index (κ1) is 43.7. The summed E-state index contributed by atoms with van der Waals surface area (Å²) in [4.78, 5) is 12.9. The quantitative estimate of drug-likeness (QED) is 0.0533. The van der Waals surface area contributed by atoms with Crippen molar-refractivity contribution in [3.63, 3.8) is 0 Å². The van der Waals surface area contributed by atoms with Crippen molar-refractivity contribution in [2.24, 2.45) is 52.3 Å². The van der Waals surface area contributed by atoms with Crippen molar-refractivity contribution in [1.29, 1.82) is 0 Å². The largest absolute Gasteiger partial charge is 0.462 e. The average Bonchev–Trinajstić information content (AvgIpc) is 3.48. The van der Waals surface area contributed by atoms with Crippen molar-refractivity contribution in [3.8, 4) is 0 Å². The topological polar surface area (TPSA) is 26.3 Å². The van der Waals surface area contributed by atoms with Gasteiger partial charge in [-0.05, 0) is 129 Å². The zero-order chi connectivity index (χ0) is 37.4. The molecule has 3 saturated carbocycles. The SMILES string of the molecule is CCCCCCCCC=CCCCCCCCCCCCC(=O)OC1CCC2(C)C(=CCC3C2CCC2(C)C(C(C)CCC(C)C(C)C)CCC32)C1. The Bertz CT molecular complexity index is 1070. The third-order valence-corrected chi connectivity index (χ3v) is 16.0. The highest BCUT2D eigenvalue weighted by Gasteiger charge is 2.59. The van der Waals surface area contributed by atoms with Crippen molar-refractivity contribution in [2.45, 2.75) is 234 Å². The fourth-order valence-corrected chi connectivity index (χ4v) is 12.1. The maximum Gasteiger partial charge on any atom is 0.306 e. The number of ether oxygens (including phenoxy) is 1. The third kappa shape index (κ3) is 12.5. The molecule has 300 valence electrons. The Morgan fingerprint density at radius 2 is 1.37 bits per heavy atom. The van der Waals surface area contributed by atoms with E-state index in [9.17, 15) is 4.79 Å². The van der Waals surface area contributed by atoms with Crippen LogP contribution in [0.25, 0.3) is 0 Å². The van der Waals surface area contributed by atoms with Gasteiger partial charge in [0, 0.05) is 12.8 Å². The number of rotatable bonds is 25. The maximum atomic E-state index is 12.9. The minimum Gasteiger partial charge on any atom is -0.462 e. The molecule has 9 atom stereocenters. The molecule has 0 bridgehead atoms. The molecule has 0 radical (unpaired) electrons. The number of hydrogen-bond acceptors (Lipinski definition) is 2. The lowest BCUT2D eigenvalue weighted by Gasteiger charge is -2.58. The summed E-state index contributed by atoms with van der Waals surface area (Å²) in [5, 5.41) is 0. The molecule has 0 aromatic carbocycles. The van der Waals surface area contributed by atoms with E-state index in [0.717, 1.165) is 60.7 Å². The van der Waals surface area contributed by atoms with Gasteiger partial charge in [0.05, 0.1) is 0 Å². The minimum atomic E-state index is 0.0613. The Labute approximate surface area is 324 Å². The first-order valence-corrected chi connectivity index (χ1v) is 23.6. The Hall–Kier alpha value is -1.05. The second-order valence-corrected chi connectivity index (χ2v) is 19.9. The van der Waals surface area contributed by atoms with Crippen LogP contribution < -0.4 is 0 Å². The number of esters is 1. The highest BCUT2D eigenvalue weighted by atomic mass is 16.5. The zero-order valence-electron chi connectivity index (χ0n) is 36.0. The van der Waals surface area contributed by atoms with E-state index in [2.05, 4.69) is 66.7 Å². The normalized spacial score (nSPS) is 31.2. The molecule has 52 heavy (non-hydrogen) atoms. The Balaban J connectivity index is 1.05. The van der Waals surface area contributed by atoms with Gasteiger partial charge in [0.1, 0.15) is 6.10 Å². The summed E-state index contributed by atoms with van der Waals surface area (Å²) in [7, 11) is 0. The average molecular weight is 721 g/mol. The third-order valence-electron chi connectivity index (χ3n) is 16.0. The molecule has 0 aromatic heterocycles. The van der Waals surface area contributed by atoms with E-state index in [4.69, 9.17) is 4.74 Å². The highest BCUT2D eigenvalue weighted by molar-refractivity contribution is 5.69. The first-order chi connectivity index (χ1) is 25.1. The van der Waals surface area contributed by atoms with Crippen molar-refractivity contribution < 1.29 is 9.53 Å². The van der Waals surface area contributed by atoms with Crippen LogP contribution in [0.1, 0.15) is 228 Å². The van der Waals surface area contributed by atoms with Gasteiger partial charge >= 0.3 is 5.97 Å². The lowest BCUT2D eigenvalue weighted by atomic mass is 9.47. The van der Waals surface area contributed by atoms with Gasteiger partial charge in [0.2, 0.25) is 0 Å². The number of carbonyl (C=O) groups is 1. The van der Waals surface area contributed by atoms with E-state index in [-0.39, 0.29) is 12.1 Å². The van der Waals surface area contributed by atoms with E-state index < -0.39 is 0 Å². The monoisotopic (exact) mass is 721 g/mol.